The molecule has 0 fully saturated rings. The molecule has 1 N–H and O–H groups in total. The van der Waals surface area contributed by atoms with E-state index in [0.717, 1.165) is 12.1 Å². The van der Waals surface area contributed by atoms with Gasteiger partial charge in [0.2, 0.25) is 0 Å². The summed E-state index contributed by atoms with van der Waals surface area (Å²) in [6.45, 7) is 10.7. The molecule has 0 aliphatic rings. The zero-order valence-electron chi connectivity index (χ0n) is 12.6. The van der Waals surface area contributed by atoms with E-state index in [2.05, 4.69) is 31.3 Å². The van der Waals surface area contributed by atoms with Crippen molar-refractivity contribution in [2.24, 2.45) is 0 Å². The highest BCUT2D eigenvalue weighted by Crippen LogP contribution is 2.11. The van der Waals surface area contributed by atoms with E-state index in [1.165, 1.54) is 5.56 Å². The van der Waals surface area contributed by atoms with Gasteiger partial charge in [0.1, 0.15) is 5.60 Å². The largest absolute Gasteiger partial charge is 0.460 e. The average molecular weight is 263 g/mol. The van der Waals surface area contributed by atoms with Crippen molar-refractivity contribution in [3.05, 3.63) is 35.4 Å². The van der Waals surface area contributed by atoms with Crippen LogP contribution in [0.5, 0.6) is 0 Å². The first-order chi connectivity index (χ1) is 8.76. The molecule has 3 heteroatoms. The summed E-state index contributed by atoms with van der Waals surface area (Å²) in [5.41, 5.74) is 1.79. The molecule has 3 nitrogen and oxygen atoms in total. The van der Waals surface area contributed by atoms with Gasteiger partial charge in [-0.2, -0.15) is 0 Å². The molecule has 1 aromatic rings. The second-order valence-corrected chi connectivity index (χ2v) is 6.12. The molecule has 19 heavy (non-hydrogen) atoms. The van der Waals surface area contributed by atoms with Crippen LogP contribution >= 0.6 is 0 Å². The monoisotopic (exact) mass is 263 g/mol. The summed E-state index contributed by atoms with van der Waals surface area (Å²) in [5.74, 6) is -0.180. The average Bonchev–Trinajstić information content (AvgIpc) is 2.25. The molecule has 0 aliphatic carbocycles. The summed E-state index contributed by atoms with van der Waals surface area (Å²) < 4.78 is 5.30. The Balaban J connectivity index is 2.50. The first-order valence-corrected chi connectivity index (χ1v) is 6.79. The second-order valence-electron chi connectivity index (χ2n) is 6.12. The van der Waals surface area contributed by atoms with E-state index in [1.54, 1.807) is 0 Å². The van der Waals surface area contributed by atoms with Crippen LogP contribution in [-0.2, 0) is 22.5 Å². The van der Waals surface area contributed by atoms with Crippen molar-refractivity contribution in [2.75, 3.05) is 0 Å². The molecule has 0 aliphatic heterocycles. The summed E-state index contributed by atoms with van der Waals surface area (Å²) in [7, 11) is 0. The van der Waals surface area contributed by atoms with Gasteiger partial charge in [-0.05, 0) is 31.9 Å². The van der Waals surface area contributed by atoms with Crippen molar-refractivity contribution >= 4 is 5.97 Å². The number of esters is 1. The molecule has 0 aromatic heterocycles. The maximum absolute atomic E-state index is 11.7. The van der Waals surface area contributed by atoms with E-state index in [0.29, 0.717) is 12.5 Å². The van der Waals surface area contributed by atoms with Gasteiger partial charge in [0.25, 0.3) is 0 Å². The Morgan fingerprint density at radius 2 is 1.68 bits per heavy atom. The zero-order chi connectivity index (χ0) is 14.5. The minimum atomic E-state index is -0.418. The predicted molar refractivity (Wildman–Crippen MR) is 78.0 cm³/mol. The highest BCUT2D eigenvalue weighted by molar-refractivity contribution is 5.73. The van der Waals surface area contributed by atoms with Gasteiger partial charge in [-0.25, -0.2) is 0 Å². The van der Waals surface area contributed by atoms with Crippen molar-refractivity contribution in [2.45, 2.75) is 59.2 Å². The number of ether oxygens (including phenoxy) is 1. The van der Waals surface area contributed by atoms with E-state index >= 15 is 0 Å². The third-order valence-corrected chi connectivity index (χ3v) is 2.51. The lowest BCUT2D eigenvalue weighted by atomic mass is 10.1. The highest BCUT2D eigenvalue weighted by Gasteiger charge is 2.16. The number of carbonyl (C=O) groups is 1. The van der Waals surface area contributed by atoms with Crippen molar-refractivity contribution < 1.29 is 9.53 Å². The van der Waals surface area contributed by atoms with Gasteiger partial charge in [-0.15, -0.1) is 0 Å². The van der Waals surface area contributed by atoms with Gasteiger partial charge < -0.3 is 10.1 Å². The number of nitrogens with one attached hydrogen (secondary N) is 1. The van der Waals surface area contributed by atoms with Gasteiger partial charge in [0.15, 0.2) is 0 Å². The topological polar surface area (TPSA) is 38.3 Å². The van der Waals surface area contributed by atoms with Gasteiger partial charge in [-0.3, -0.25) is 4.79 Å². The molecule has 106 valence electrons. The lowest BCUT2D eigenvalue weighted by Crippen LogP contribution is -2.25. The van der Waals surface area contributed by atoms with Crippen LogP contribution < -0.4 is 5.32 Å². The molecule has 0 unspecified atom stereocenters. The Kier molecular flexibility index (Phi) is 5.55. The van der Waals surface area contributed by atoms with Crippen LogP contribution in [0.2, 0.25) is 0 Å². The minimum absolute atomic E-state index is 0.180. The van der Waals surface area contributed by atoms with Gasteiger partial charge in [-0.1, -0.05) is 38.1 Å². The van der Waals surface area contributed by atoms with E-state index in [9.17, 15) is 4.79 Å². The summed E-state index contributed by atoms with van der Waals surface area (Å²) in [6.07, 6.45) is 0.329. The third kappa shape index (κ3) is 6.97. The van der Waals surface area contributed by atoms with Gasteiger partial charge in [0, 0.05) is 12.6 Å². The Hall–Kier alpha value is -1.35. The summed E-state index contributed by atoms with van der Waals surface area (Å²) in [4.78, 5) is 11.7. The Bertz CT molecular complexity index is 402. The lowest BCUT2D eigenvalue weighted by molar-refractivity contribution is -0.153. The molecule has 0 radical (unpaired) electrons. The van der Waals surface area contributed by atoms with Crippen LogP contribution in [0.25, 0.3) is 0 Å². The Labute approximate surface area is 116 Å². The molecule has 0 saturated heterocycles. The molecule has 1 rings (SSSR count). The van der Waals surface area contributed by atoms with Crippen molar-refractivity contribution in [1.29, 1.82) is 0 Å². The molecular weight excluding hydrogens is 238 g/mol. The summed E-state index contributed by atoms with van der Waals surface area (Å²) in [6, 6.07) is 8.55. The normalized spacial score (nSPS) is 11.7. The Morgan fingerprint density at radius 3 is 2.16 bits per heavy atom. The number of rotatable bonds is 5. The maximum Gasteiger partial charge on any atom is 0.310 e. The minimum Gasteiger partial charge on any atom is -0.460 e. The lowest BCUT2D eigenvalue weighted by Gasteiger charge is -2.19. The summed E-state index contributed by atoms with van der Waals surface area (Å²) in [5, 5.41) is 3.36. The van der Waals surface area contributed by atoms with Gasteiger partial charge in [0.05, 0.1) is 6.42 Å². The first kappa shape index (κ1) is 15.7. The van der Waals surface area contributed by atoms with E-state index in [1.807, 2.05) is 32.9 Å². The molecule has 0 saturated carbocycles. The van der Waals surface area contributed by atoms with Crippen LogP contribution in [0.4, 0.5) is 0 Å². The van der Waals surface area contributed by atoms with Crippen molar-refractivity contribution in [3.8, 4) is 0 Å². The maximum atomic E-state index is 11.7. The number of hydrogen-bond acceptors (Lipinski definition) is 3. The summed E-state index contributed by atoms with van der Waals surface area (Å²) >= 11 is 0. The molecule has 0 spiro atoms. The van der Waals surface area contributed by atoms with Crippen LogP contribution in [0.1, 0.15) is 45.7 Å². The molecule has 0 heterocycles. The zero-order valence-corrected chi connectivity index (χ0v) is 12.6. The quantitative estimate of drug-likeness (QED) is 0.830. The van der Waals surface area contributed by atoms with Crippen LogP contribution in [0.3, 0.4) is 0 Å². The molecule has 0 bridgehead atoms. The predicted octanol–water partition coefficient (Wildman–Crippen LogP) is 3.07. The number of carbonyl (C=O) groups excluding carboxylic acids is 1. The fourth-order valence-electron chi connectivity index (χ4n) is 1.64. The number of hydrogen-bond donors (Lipinski definition) is 1. The van der Waals surface area contributed by atoms with Crippen molar-refractivity contribution in [1.82, 2.24) is 5.32 Å². The SMILES string of the molecule is CC(C)NCc1ccc(CC(=O)OC(C)(C)C)cc1. The highest BCUT2D eigenvalue weighted by atomic mass is 16.6. The molecular formula is C16H25NO2. The smallest absolute Gasteiger partial charge is 0.310 e. The van der Waals surface area contributed by atoms with Crippen molar-refractivity contribution in [3.63, 3.8) is 0 Å². The number of benzene rings is 1. The first-order valence-electron chi connectivity index (χ1n) is 6.79. The Morgan fingerprint density at radius 1 is 1.16 bits per heavy atom. The van der Waals surface area contributed by atoms with E-state index < -0.39 is 5.60 Å². The third-order valence-electron chi connectivity index (χ3n) is 2.51. The van der Waals surface area contributed by atoms with E-state index in [-0.39, 0.29) is 5.97 Å². The van der Waals surface area contributed by atoms with Gasteiger partial charge >= 0.3 is 5.97 Å². The fourth-order valence-corrected chi connectivity index (χ4v) is 1.64. The second kappa shape index (κ2) is 6.71. The van der Waals surface area contributed by atoms with E-state index in [4.69, 9.17) is 4.74 Å². The van der Waals surface area contributed by atoms with Crippen LogP contribution in [-0.4, -0.2) is 17.6 Å². The molecule has 1 aromatic carbocycles. The fraction of sp³-hybridized carbons (Fsp3) is 0.562. The molecule has 0 atom stereocenters. The molecule has 0 amide bonds. The van der Waals surface area contributed by atoms with Crippen LogP contribution in [0.15, 0.2) is 24.3 Å². The standard InChI is InChI=1S/C16H25NO2/c1-12(2)17-11-14-8-6-13(7-9-14)10-15(18)19-16(3,4)5/h6-9,12,17H,10-11H2,1-5H3. The van der Waals surface area contributed by atoms with Crippen LogP contribution in [0, 0.1) is 0 Å².